The summed E-state index contributed by atoms with van der Waals surface area (Å²) in [4.78, 5) is 13.1. The van der Waals surface area contributed by atoms with E-state index >= 15 is 0 Å². The van der Waals surface area contributed by atoms with Gasteiger partial charge in [0, 0.05) is 5.41 Å². The largest absolute Gasteiger partial charge is 0.293 e. The molecule has 1 aromatic rings. The molecule has 1 aliphatic carbocycles. The van der Waals surface area contributed by atoms with Gasteiger partial charge < -0.3 is 0 Å². The molecule has 76 valence electrons. The molecule has 1 fully saturated rings. The summed E-state index contributed by atoms with van der Waals surface area (Å²) < 4.78 is 0. The van der Waals surface area contributed by atoms with Crippen LogP contribution < -0.4 is 0 Å². The lowest BCUT2D eigenvalue weighted by Crippen LogP contribution is -2.29. The van der Waals surface area contributed by atoms with Gasteiger partial charge in [-0.05, 0) is 24.3 Å². The summed E-state index contributed by atoms with van der Waals surface area (Å²) in [6.45, 7) is 2.13. The third kappa shape index (κ3) is 1.76. The molecule has 0 radical (unpaired) electrons. The first kappa shape index (κ1) is 9.91. The van der Waals surface area contributed by atoms with Crippen molar-refractivity contribution in [3.63, 3.8) is 0 Å². The summed E-state index contributed by atoms with van der Waals surface area (Å²) in [5.41, 5.74) is -0.0664. The van der Waals surface area contributed by atoms with E-state index in [1.54, 1.807) is 11.3 Å². The number of hydrogen-bond acceptors (Lipinski definition) is 2. The van der Waals surface area contributed by atoms with Crippen molar-refractivity contribution in [2.75, 3.05) is 0 Å². The summed E-state index contributed by atoms with van der Waals surface area (Å²) >= 11 is 1.57. The zero-order valence-corrected chi connectivity index (χ0v) is 9.40. The van der Waals surface area contributed by atoms with Crippen molar-refractivity contribution in [2.24, 2.45) is 5.41 Å². The molecular formula is C12H16OS. The van der Waals surface area contributed by atoms with Crippen LogP contribution in [0.2, 0.25) is 0 Å². The molecule has 1 nitrogen and oxygen atoms in total. The Kier molecular flexibility index (Phi) is 2.73. The molecule has 0 bridgehead atoms. The maximum absolute atomic E-state index is 12.2. The van der Waals surface area contributed by atoms with Gasteiger partial charge in [0.25, 0.3) is 0 Å². The molecule has 1 aliphatic rings. The molecular weight excluding hydrogens is 192 g/mol. The van der Waals surface area contributed by atoms with Crippen molar-refractivity contribution >= 4 is 17.1 Å². The highest BCUT2D eigenvalue weighted by molar-refractivity contribution is 7.12. The highest BCUT2D eigenvalue weighted by atomic mass is 32.1. The predicted octanol–water partition coefficient (Wildman–Crippen LogP) is 3.90. The average Bonchev–Trinajstić information content (AvgIpc) is 2.70. The van der Waals surface area contributed by atoms with E-state index in [0.29, 0.717) is 5.78 Å². The van der Waals surface area contributed by atoms with E-state index in [1.165, 1.54) is 19.3 Å². The lowest BCUT2D eigenvalue weighted by Gasteiger charge is -2.31. The number of ketones is 1. The van der Waals surface area contributed by atoms with Gasteiger partial charge in [0.1, 0.15) is 0 Å². The van der Waals surface area contributed by atoms with Crippen LogP contribution in [0.15, 0.2) is 17.5 Å². The van der Waals surface area contributed by atoms with Gasteiger partial charge in [0.15, 0.2) is 5.78 Å². The molecule has 0 spiro atoms. The highest BCUT2D eigenvalue weighted by Crippen LogP contribution is 2.39. The second kappa shape index (κ2) is 3.85. The van der Waals surface area contributed by atoms with Crippen LogP contribution in [-0.4, -0.2) is 5.78 Å². The summed E-state index contributed by atoms with van der Waals surface area (Å²) in [5.74, 6) is 0.368. The number of rotatable bonds is 2. The van der Waals surface area contributed by atoms with Crippen molar-refractivity contribution in [1.29, 1.82) is 0 Å². The van der Waals surface area contributed by atoms with Gasteiger partial charge in [0.2, 0.25) is 0 Å². The molecule has 1 heterocycles. The SMILES string of the molecule is CC1(C(=O)c2cccs2)CCCCC1. The summed E-state index contributed by atoms with van der Waals surface area (Å²) in [6.07, 6.45) is 5.88. The van der Waals surface area contributed by atoms with Crippen LogP contribution in [0.1, 0.15) is 48.7 Å². The van der Waals surface area contributed by atoms with Crippen LogP contribution in [0.3, 0.4) is 0 Å². The minimum absolute atomic E-state index is 0.0664. The van der Waals surface area contributed by atoms with Crippen molar-refractivity contribution < 1.29 is 4.79 Å². The normalized spacial score (nSPS) is 20.6. The van der Waals surface area contributed by atoms with E-state index in [4.69, 9.17) is 0 Å². The van der Waals surface area contributed by atoms with E-state index in [0.717, 1.165) is 17.7 Å². The van der Waals surface area contributed by atoms with Crippen LogP contribution in [0.5, 0.6) is 0 Å². The Hall–Kier alpha value is -0.630. The van der Waals surface area contributed by atoms with Gasteiger partial charge in [0.05, 0.1) is 4.88 Å². The topological polar surface area (TPSA) is 17.1 Å². The van der Waals surface area contributed by atoms with Crippen LogP contribution in [0.25, 0.3) is 0 Å². The number of hydrogen-bond donors (Lipinski definition) is 0. The fourth-order valence-electron chi connectivity index (χ4n) is 2.26. The van der Waals surface area contributed by atoms with Crippen molar-refractivity contribution in [3.8, 4) is 0 Å². The third-order valence-electron chi connectivity index (χ3n) is 3.25. The molecule has 0 saturated heterocycles. The van der Waals surface area contributed by atoms with Crippen molar-refractivity contribution in [3.05, 3.63) is 22.4 Å². The smallest absolute Gasteiger partial charge is 0.178 e. The quantitative estimate of drug-likeness (QED) is 0.674. The van der Waals surface area contributed by atoms with Crippen molar-refractivity contribution in [2.45, 2.75) is 39.0 Å². The Balaban J connectivity index is 2.17. The van der Waals surface area contributed by atoms with Crippen LogP contribution in [-0.2, 0) is 0 Å². The Labute approximate surface area is 89.1 Å². The zero-order valence-electron chi connectivity index (χ0n) is 8.58. The Morgan fingerprint density at radius 1 is 1.36 bits per heavy atom. The first-order valence-electron chi connectivity index (χ1n) is 5.31. The number of Topliss-reactive ketones (excluding diaryl/α,β-unsaturated/α-hetero) is 1. The van der Waals surface area contributed by atoms with E-state index in [-0.39, 0.29) is 5.41 Å². The van der Waals surface area contributed by atoms with Crippen LogP contribution in [0, 0.1) is 5.41 Å². The Morgan fingerprint density at radius 3 is 2.64 bits per heavy atom. The van der Waals surface area contributed by atoms with Crippen LogP contribution in [0.4, 0.5) is 0 Å². The predicted molar refractivity (Wildman–Crippen MR) is 59.8 cm³/mol. The monoisotopic (exact) mass is 208 g/mol. The van der Waals surface area contributed by atoms with E-state index in [9.17, 15) is 4.79 Å². The molecule has 0 unspecified atom stereocenters. The second-order valence-electron chi connectivity index (χ2n) is 4.43. The second-order valence-corrected chi connectivity index (χ2v) is 5.38. The molecule has 0 aliphatic heterocycles. The maximum Gasteiger partial charge on any atom is 0.178 e. The first-order valence-corrected chi connectivity index (χ1v) is 6.19. The molecule has 1 saturated carbocycles. The minimum atomic E-state index is -0.0664. The fourth-order valence-corrected chi connectivity index (χ4v) is 3.08. The molecule has 2 rings (SSSR count). The first-order chi connectivity index (χ1) is 6.72. The lowest BCUT2D eigenvalue weighted by atomic mass is 9.72. The van der Waals surface area contributed by atoms with Crippen molar-refractivity contribution in [1.82, 2.24) is 0 Å². The van der Waals surface area contributed by atoms with Gasteiger partial charge in [-0.15, -0.1) is 11.3 Å². The number of thiophene rings is 1. The molecule has 0 aromatic carbocycles. The molecule has 2 heteroatoms. The molecule has 0 N–H and O–H groups in total. The van der Waals surface area contributed by atoms with E-state index in [2.05, 4.69) is 6.92 Å². The van der Waals surface area contributed by atoms with Gasteiger partial charge in [-0.3, -0.25) is 4.79 Å². The molecule has 0 atom stereocenters. The number of carbonyl (C=O) groups is 1. The summed E-state index contributed by atoms with van der Waals surface area (Å²) in [5, 5.41) is 1.99. The molecule has 0 amide bonds. The fraction of sp³-hybridized carbons (Fsp3) is 0.583. The Morgan fingerprint density at radius 2 is 2.07 bits per heavy atom. The summed E-state index contributed by atoms with van der Waals surface area (Å²) in [6, 6.07) is 3.91. The van der Waals surface area contributed by atoms with Gasteiger partial charge >= 0.3 is 0 Å². The van der Waals surface area contributed by atoms with Gasteiger partial charge in [-0.1, -0.05) is 32.3 Å². The zero-order chi connectivity index (χ0) is 10.0. The minimum Gasteiger partial charge on any atom is -0.293 e. The maximum atomic E-state index is 12.2. The van der Waals surface area contributed by atoms with E-state index < -0.39 is 0 Å². The highest BCUT2D eigenvalue weighted by Gasteiger charge is 2.35. The third-order valence-corrected chi connectivity index (χ3v) is 4.12. The van der Waals surface area contributed by atoms with E-state index in [1.807, 2.05) is 17.5 Å². The Bertz CT molecular complexity index is 307. The molecule has 14 heavy (non-hydrogen) atoms. The molecule has 1 aromatic heterocycles. The van der Waals surface area contributed by atoms with Gasteiger partial charge in [-0.25, -0.2) is 0 Å². The van der Waals surface area contributed by atoms with Crippen LogP contribution >= 0.6 is 11.3 Å². The standard InChI is InChI=1S/C12H16OS/c1-12(7-3-2-4-8-12)11(13)10-6-5-9-14-10/h5-6,9H,2-4,7-8H2,1H3. The summed E-state index contributed by atoms with van der Waals surface area (Å²) in [7, 11) is 0. The van der Waals surface area contributed by atoms with Gasteiger partial charge in [-0.2, -0.15) is 0 Å². The average molecular weight is 208 g/mol. The number of carbonyl (C=O) groups excluding carboxylic acids is 1. The lowest BCUT2D eigenvalue weighted by molar-refractivity contribution is 0.0754.